The highest BCUT2D eigenvalue weighted by atomic mass is 16.1. The summed E-state index contributed by atoms with van der Waals surface area (Å²) < 4.78 is 0. The highest BCUT2D eigenvalue weighted by molar-refractivity contribution is 6.30. The Kier molecular flexibility index (Phi) is 3.11. The molecule has 0 amide bonds. The number of hydrogen-bond acceptors (Lipinski definition) is 3. The lowest BCUT2D eigenvalue weighted by molar-refractivity contribution is -0.116. The van der Waals surface area contributed by atoms with E-state index in [4.69, 9.17) is 4.99 Å². The number of Topliss-reactive ketones (excluding diaryl/α,β-unsaturated/α-hetero) is 2. The van der Waals surface area contributed by atoms with Crippen LogP contribution >= 0.6 is 0 Å². The van der Waals surface area contributed by atoms with Crippen molar-refractivity contribution in [3.05, 3.63) is 82.6 Å². The zero-order valence-corrected chi connectivity index (χ0v) is 13.7. The molecular formula is C22H17NO2. The van der Waals surface area contributed by atoms with Gasteiger partial charge in [0.15, 0.2) is 11.6 Å². The lowest BCUT2D eigenvalue weighted by Crippen LogP contribution is -2.33. The Morgan fingerprint density at radius 1 is 0.800 bits per heavy atom. The van der Waals surface area contributed by atoms with Crippen LogP contribution in [0.15, 0.2) is 70.9 Å². The molecule has 2 aliphatic carbocycles. The quantitative estimate of drug-likeness (QED) is 0.792. The Morgan fingerprint density at radius 2 is 1.52 bits per heavy atom. The third kappa shape index (κ3) is 2.02. The minimum atomic E-state index is -0.374. The first kappa shape index (κ1) is 14.5. The number of carbonyl (C=O) groups excluding carboxylic acids is 2. The number of aliphatic imine (C=N–C) groups is 1. The molecule has 0 aromatic heterocycles. The fourth-order valence-electron chi connectivity index (χ4n) is 4.47. The standard InChI is InChI=1S/C22H17NO2/c24-17-12-6-11-16-19(17)18(13-7-2-1-3-8-13)20-21(23-16)14-9-4-5-10-15(14)22(20)25/h1-5,7-10,18,20H,6,11-12H2/t18-,20-/m1/s1. The highest BCUT2D eigenvalue weighted by Crippen LogP contribution is 2.48. The molecule has 1 heterocycles. The van der Waals surface area contributed by atoms with E-state index < -0.39 is 0 Å². The average molecular weight is 327 g/mol. The van der Waals surface area contributed by atoms with Crippen LogP contribution in [0, 0.1) is 5.92 Å². The van der Waals surface area contributed by atoms with Crippen molar-refractivity contribution in [1.82, 2.24) is 0 Å². The Balaban J connectivity index is 1.78. The normalized spacial score (nSPS) is 24.6. The molecular weight excluding hydrogens is 310 g/mol. The van der Waals surface area contributed by atoms with Crippen LogP contribution in [0.4, 0.5) is 0 Å². The second kappa shape index (κ2) is 5.35. The first-order chi connectivity index (χ1) is 12.3. The summed E-state index contributed by atoms with van der Waals surface area (Å²) in [6, 6.07) is 17.7. The molecule has 0 fully saturated rings. The second-order valence-electron chi connectivity index (χ2n) is 6.91. The predicted molar refractivity (Wildman–Crippen MR) is 95.9 cm³/mol. The van der Waals surface area contributed by atoms with Crippen LogP contribution in [0.5, 0.6) is 0 Å². The molecule has 2 atom stereocenters. The lowest BCUT2D eigenvalue weighted by atomic mass is 9.71. The van der Waals surface area contributed by atoms with Crippen molar-refractivity contribution in [2.24, 2.45) is 10.9 Å². The van der Waals surface area contributed by atoms with Crippen LogP contribution in [0.3, 0.4) is 0 Å². The second-order valence-corrected chi connectivity index (χ2v) is 6.91. The van der Waals surface area contributed by atoms with Gasteiger partial charge >= 0.3 is 0 Å². The Labute approximate surface area is 146 Å². The van der Waals surface area contributed by atoms with Gasteiger partial charge in [-0.2, -0.15) is 0 Å². The molecule has 122 valence electrons. The van der Waals surface area contributed by atoms with Crippen LogP contribution in [-0.2, 0) is 4.79 Å². The molecule has 1 aliphatic heterocycles. The molecule has 5 rings (SSSR count). The third-order valence-electron chi connectivity index (χ3n) is 5.53. The maximum atomic E-state index is 13.2. The number of ketones is 2. The van der Waals surface area contributed by atoms with E-state index in [2.05, 4.69) is 0 Å². The fourth-order valence-corrected chi connectivity index (χ4v) is 4.47. The summed E-state index contributed by atoms with van der Waals surface area (Å²) in [6.45, 7) is 0. The van der Waals surface area contributed by atoms with E-state index >= 15 is 0 Å². The summed E-state index contributed by atoms with van der Waals surface area (Å²) in [5, 5.41) is 0. The van der Waals surface area contributed by atoms with Gasteiger partial charge in [0.2, 0.25) is 0 Å². The number of nitrogens with zero attached hydrogens (tertiary/aromatic N) is 1. The molecule has 0 N–H and O–H groups in total. The fraction of sp³-hybridized carbons (Fsp3) is 0.227. The molecule has 3 heteroatoms. The van der Waals surface area contributed by atoms with Crippen LogP contribution in [0.25, 0.3) is 0 Å². The number of allylic oxidation sites excluding steroid dienone is 2. The van der Waals surface area contributed by atoms with Crippen LogP contribution in [0.1, 0.15) is 46.7 Å². The lowest BCUT2D eigenvalue weighted by Gasteiger charge is -2.33. The van der Waals surface area contributed by atoms with Crippen molar-refractivity contribution in [2.45, 2.75) is 25.2 Å². The number of rotatable bonds is 1. The minimum absolute atomic E-state index is 0.0909. The minimum Gasteiger partial charge on any atom is -0.294 e. The summed E-state index contributed by atoms with van der Waals surface area (Å²) in [5.41, 5.74) is 5.21. The highest BCUT2D eigenvalue weighted by Gasteiger charge is 2.48. The van der Waals surface area contributed by atoms with Crippen molar-refractivity contribution in [1.29, 1.82) is 0 Å². The van der Waals surface area contributed by atoms with E-state index in [1.165, 1.54) is 0 Å². The van der Waals surface area contributed by atoms with Crippen molar-refractivity contribution < 1.29 is 9.59 Å². The summed E-state index contributed by atoms with van der Waals surface area (Å²) in [6.07, 6.45) is 2.22. The van der Waals surface area contributed by atoms with Gasteiger partial charge in [-0.1, -0.05) is 54.6 Å². The molecule has 0 spiro atoms. The zero-order valence-electron chi connectivity index (χ0n) is 13.7. The number of carbonyl (C=O) groups is 2. The van der Waals surface area contributed by atoms with Gasteiger partial charge in [0.05, 0.1) is 11.6 Å². The topological polar surface area (TPSA) is 46.5 Å². The van der Waals surface area contributed by atoms with Gasteiger partial charge in [-0.25, -0.2) is 0 Å². The van der Waals surface area contributed by atoms with Gasteiger partial charge in [0.25, 0.3) is 0 Å². The first-order valence-electron chi connectivity index (χ1n) is 8.79. The van der Waals surface area contributed by atoms with Gasteiger partial charge < -0.3 is 0 Å². The molecule has 2 aromatic carbocycles. The maximum absolute atomic E-state index is 13.2. The molecule has 0 saturated heterocycles. The monoisotopic (exact) mass is 327 g/mol. The third-order valence-corrected chi connectivity index (χ3v) is 5.53. The van der Waals surface area contributed by atoms with Gasteiger partial charge in [0, 0.05) is 34.7 Å². The van der Waals surface area contributed by atoms with Gasteiger partial charge in [-0.15, -0.1) is 0 Å². The SMILES string of the molecule is O=C1CCCC2=C1[C@@H](c1ccccc1)[C@H]1C(=O)c3ccccc3C1=N2. The van der Waals surface area contributed by atoms with E-state index in [1.54, 1.807) is 0 Å². The summed E-state index contributed by atoms with van der Waals surface area (Å²) in [4.78, 5) is 30.8. The smallest absolute Gasteiger partial charge is 0.173 e. The van der Waals surface area contributed by atoms with E-state index in [9.17, 15) is 9.59 Å². The molecule has 3 nitrogen and oxygen atoms in total. The summed E-state index contributed by atoms with van der Waals surface area (Å²) >= 11 is 0. The van der Waals surface area contributed by atoms with Crippen molar-refractivity contribution in [3.8, 4) is 0 Å². The summed E-state index contributed by atoms with van der Waals surface area (Å²) in [7, 11) is 0. The van der Waals surface area contributed by atoms with Crippen LogP contribution in [0.2, 0.25) is 0 Å². The van der Waals surface area contributed by atoms with Crippen LogP contribution in [-0.4, -0.2) is 17.3 Å². The molecule has 0 radical (unpaired) electrons. The molecule has 0 saturated carbocycles. The van der Waals surface area contributed by atoms with Crippen molar-refractivity contribution >= 4 is 17.3 Å². The number of benzene rings is 2. The van der Waals surface area contributed by atoms with E-state index in [0.717, 1.165) is 46.5 Å². The average Bonchev–Trinajstić information content (AvgIpc) is 2.94. The zero-order chi connectivity index (χ0) is 17.0. The largest absolute Gasteiger partial charge is 0.294 e. The molecule has 0 bridgehead atoms. The van der Waals surface area contributed by atoms with Crippen molar-refractivity contribution in [2.75, 3.05) is 0 Å². The molecule has 25 heavy (non-hydrogen) atoms. The number of fused-ring (bicyclic) bond motifs is 3. The van der Waals surface area contributed by atoms with Gasteiger partial charge in [-0.05, 0) is 18.4 Å². The van der Waals surface area contributed by atoms with Crippen LogP contribution < -0.4 is 0 Å². The van der Waals surface area contributed by atoms with Gasteiger partial charge in [-0.3, -0.25) is 14.6 Å². The maximum Gasteiger partial charge on any atom is 0.173 e. The Morgan fingerprint density at radius 3 is 2.32 bits per heavy atom. The van der Waals surface area contributed by atoms with E-state index in [1.807, 2.05) is 54.6 Å². The predicted octanol–water partition coefficient (Wildman–Crippen LogP) is 4.09. The first-order valence-corrected chi connectivity index (χ1v) is 8.79. The summed E-state index contributed by atoms with van der Waals surface area (Å²) in [5.74, 6) is -0.341. The van der Waals surface area contributed by atoms with E-state index in [-0.39, 0.29) is 23.4 Å². The Hall–Kier alpha value is -2.81. The van der Waals surface area contributed by atoms with E-state index in [0.29, 0.717) is 6.42 Å². The molecule has 3 aliphatic rings. The number of hydrogen-bond donors (Lipinski definition) is 0. The van der Waals surface area contributed by atoms with Gasteiger partial charge in [0.1, 0.15) is 0 Å². The Bertz CT molecular complexity index is 969. The molecule has 2 aromatic rings. The van der Waals surface area contributed by atoms with Crippen molar-refractivity contribution in [3.63, 3.8) is 0 Å². The molecule has 0 unspecified atom stereocenters.